The fraction of sp³-hybridized carbons (Fsp3) is 0. The maximum absolute atomic E-state index is 10.5. The largest absolute Gasteiger partial charge is 0.528 e. The number of hydrogen-bond acceptors (Lipinski definition) is 20. The average molecular weight is 462 g/mol. The van der Waals surface area contributed by atoms with Crippen molar-refractivity contribution in [2.24, 2.45) is 56.8 Å². The predicted molar refractivity (Wildman–Crippen MR) is 90.9 cm³/mol. The Morgan fingerprint density at radius 2 is 1.00 bits per heavy atom. The first-order valence-corrected chi connectivity index (χ1v) is 7.08. The van der Waals surface area contributed by atoms with Crippen molar-refractivity contribution in [3.63, 3.8) is 0 Å². The van der Waals surface area contributed by atoms with Gasteiger partial charge in [-0.15, -0.1) is 45.3 Å². The summed E-state index contributed by atoms with van der Waals surface area (Å²) in [5.41, 5.74) is 9.50. The van der Waals surface area contributed by atoms with Crippen molar-refractivity contribution in [3.8, 4) is 0 Å². The summed E-state index contributed by atoms with van der Waals surface area (Å²) in [5, 5.41) is 58.9. The van der Waals surface area contributed by atoms with Gasteiger partial charge in [-0.25, -0.2) is 10.8 Å². The van der Waals surface area contributed by atoms with Crippen LogP contribution >= 0.6 is 0 Å². The molecule has 2 aromatic rings. The fourth-order valence-electron chi connectivity index (χ4n) is 0.815. The topological polar surface area (TPSA) is 448 Å². The number of aromatic nitrogens is 8. The molecule has 0 aliphatic rings. The van der Waals surface area contributed by atoms with Crippen molar-refractivity contribution in [2.45, 2.75) is 0 Å². The SMILES string of the molecule is N=C(N)[N+](N)(N)N.N=C(N)[N+](N)(N)N.O=C([O-])n1nnnc1N=Nc1nnnn1C(=O)[O-]. The Bertz CT molecular complexity index is 893. The molecule has 0 saturated carbocycles. The van der Waals surface area contributed by atoms with Gasteiger partial charge >= 0.3 is 11.9 Å². The molecule has 0 amide bonds. The van der Waals surface area contributed by atoms with Crippen molar-refractivity contribution in [2.75, 3.05) is 0 Å². The highest BCUT2D eigenvalue weighted by Crippen LogP contribution is 2.10. The lowest BCUT2D eigenvalue weighted by Crippen LogP contribution is -2.71. The molecule has 0 radical (unpaired) electrons. The van der Waals surface area contributed by atoms with E-state index in [-0.39, 0.29) is 9.36 Å². The molecule has 0 aliphatic heterocycles. The van der Waals surface area contributed by atoms with Gasteiger partial charge in [0.2, 0.25) is 0 Å². The molecule has 32 heavy (non-hydrogen) atoms. The Kier molecular flexibility index (Phi) is 9.30. The first-order valence-electron chi connectivity index (χ1n) is 7.08. The minimum absolute atomic E-state index is 0.205. The number of nitrogens with one attached hydrogen (secondary N) is 2. The molecule has 0 spiro atoms. The average Bonchev–Trinajstić information content (AvgIpc) is 3.28. The number of carbonyl (C=O) groups is 2. The number of azo groups is 1. The first kappa shape index (κ1) is 27.3. The molecule has 2 heterocycles. The maximum atomic E-state index is 10.5. The van der Waals surface area contributed by atoms with Gasteiger partial charge in [0.1, 0.15) is 0 Å². The molecule has 18 N–H and O–H groups in total. The summed E-state index contributed by atoms with van der Waals surface area (Å²) in [5.74, 6) is 26.9. The van der Waals surface area contributed by atoms with Crippen LogP contribution in [0.25, 0.3) is 0 Å². The van der Waals surface area contributed by atoms with Crippen LogP contribution in [0.3, 0.4) is 0 Å². The molecule has 0 fully saturated rings. The lowest BCUT2D eigenvalue weighted by Gasteiger charge is -2.14. The van der Waals surface area contributed by atoms with Crippen molar-refractivity contribution in [1.29, 1.82) is 10.8 Å². The molecule has 0 aromatic carbocycles. The lowest BCUT2D eigenvalue weighted by molar-refractivity contribution is -0.880. The lowest BCUT2D eigenvalue weighted by atomic mass is 10.9. The molecule has 0 saturated heterocycles. The van der Waals surface area contributed by atoms with Gasteiger partial charge in [0.15, 0.2) is 12.2 Å². The van der Waals surface area contributed by atoms with Crippen molar-refractivity contribution in [3.05, 3.63) is 0 Å². The summed E-state index contributed by atoms with van der Waals surface area (Å²) in [6.07, 6.45) is -3.48. The minimum atomic E-state index is -1.74. The monoisotopic (exact) mass is 462 g/mol. The predicted octanol–water partition coefficient (Wildman–Crippen LogP) is -8.91. The third-order valence-corrected chi connectivity index (χ3v) is 2.32. The molecular weight excluding hydrogens is 444 g/mol. The van der Waals surface area contributed by atoms with Crippen LogP contribution in [0.1, 0.15) is 0 Å². The fourth-order valence-corrected chi connectivity index (χ4v) is 0.815. The van der Waals surface area contributed by atoms with E-state index >= 15 is 0 Å². The highest BCUT2D eigenvalue weighted by Gasteiger charge is 2.15. The van der Waals surface area contributed by atoms with E-state index in [1.807, 2.05) is 0 Å². The van der Waals surface area contributed by atoms with Crippen LogP contribution < -0.4 is 56.7 Å². The maximum Gasteiger partial charge on any atom is 0.352 e. The Labute approximate surface area is 174 Å². The Hall–Kier alpha value is -4.70. The van der Waals surface area contributed by atoms with Crippen molar-refractivity contribution in [1.82, 2.24) is 40.4 Å². The second kappa shape index (κ2) is 10.9. The molecular formula is C6H18N22O4. The summed E-state index contributed by atoms with van der Waals surface area (Å²) in [6, 6.07) is 0. The molecule has 26 heteroatoms. The zero-order valence-corrected chi connectivity index (χ0v) is 15.6. The number of carboxylic acid groups (broad SMARTS) is 2. The van der Waals surface area contributed by atoms with E-state index in [4.69, 9.17) is 57.3 Å². The Balaban J connectivity index is 0.000000570. The number of tetrazole rings is 2. The summed E-state index contributed by atoms with van der Waals surface area (Å²) in [6.45, 7) is 0. The second-order valence-corrected chi connectivity index (χ2v) is 4.95. The van der Waals surface area contributed by atoms with Crippen LogP contribution in [-0.2, 0) is 0 Å². The van der Waals surface area contributed by atoms with Crippen LogP contribution in [0.15, 0.2) is 10.2 Å². The third kappa shape index (κ3) is 9.20. The van der Waals surface area contributed by atoms with Crippen LogP contribution in [0.4, 0.5) is 21.5 Å². The van der Waals surface area contributed by atoms with Gasteiger partial charge in [-0.3, -0.25) is 0 Å². The normalized spacial score (nSPS) is 11.1. The molecule has 0 aliphatic carbocycles. The number of nitrogens with two attached hydrogens (primary N) is 8. The number of carbonyl (C=O) groups excluding carboxylic acids is 2. The van der Waals surface area contributed by atoms with Gasteiger partial charge in [0.25, 0.3) is 11.9 Å². The van der Waals surface area contributed by atoms with E-state index in [2.05, 4.69) is 41.3 Å². The molecule has 26 nitrogen and oxygen atoms in total. The number of guanidine groups is 2. The number of rotatable bonds is 2. The van der Waals surface area contributed by atoms with Gasteiger partial charge in [-0.05, 0) is 30.5 Å². The number of quaternary nitrogens is 2. The molecule has 176 valence electrons. The van der Waals surface area contributed by atoms with Gasteiger partial charge in [0, 0.05) is 0 Å². The van der Waals surface area contributed by atoms with E-state index in [0.717, 1.165) is 0 Å². The van der Waals surface area contributed by atoms with E-state index in [0.29, 0.717) is 0 Å². The molecule has 2 rings (SSSR count). The second-order valence-electron chi connectivity index (χ2n) is 4.95. The van der Waals surface area contributed by atoms with E-state index in [1.165, 1.54) is 0 Å². The first-order chi connectivity index (χ1) is 14.5. The van der Waals surface area contributed by atoms with E-state index in [9.17, 15) is 19.8 Å². The highest BCUT2D eigenvalue weighted by molar-refractivity contribution is 5.68. The van der Waals surface area contributed by atoms with Crippen LogP contribution in [0.2, 0.25) is 0 Å². The summed E-state index contributed by atoms with van der Waals surface area (Å²) >= 11 is 0. The number of hydrogen-bond donors (Lipinski definition) is 10. The minimum Gasteiger partial charge on any atom is -0.528 e. The van der Waals surface area contributed by atoms with Crippen LogP contribution in [-0.4, -0.2) is 74.1 Å². The van der Waals surface area contributed by atoms with Gasteiger partial charge in [0.05, 0.1) is 0 Å². The standard InChI is InChI=1S/C4H2N10O4.2CH9N6/c15-3(16)13-1(7-9-11-13)5-6-2-8-10-12-14(2)4(17)18;2*2-1(3)7(4,5)6/h(H,15,16)(H,17,18);2*4-6H2,(H3,2,3)/q;2*+1/p-2. The van der Waals surface area contributed by atoms with Crippen LogP contribution in [0, 0.1) is 10.8 Å². The third-order valence-electron chi connectivity index (χ3n) is 2.32. The van der Waals surface area contributed by atoms with Gasteiger partial charge in [-0.2, -0.15) is 9.36 Å². The van der Waals surface area contributed by atoms with Gasteiger partial charge in [-0.1, -0.05) is 10.2 Å². The summed E-state index contributed by atoms with van der Waals surface area (Å²) in [4.78, 5) is 18.8. The van der Waals surface area contributed by atoms with Gasteiger partial charge < -0.3 is 31.3 Å². The quantitative estimate of drug-likeness (QED) is 0.0376. The molecule has 0 atom stereocenters. The van der Waals surface area contributed by atoms with E-state index < -0.39 is 45.6 Å². The van der Waals surface area contributed by atoms with Crippen molar-refractivity contribution >= 4 is 36.0 Å². The molecule has 0 unspecified atom stereocenters. The Morgan fingerprint density at radius 1 is 0.750 bits per heavy atom. The van der Waals surface area contributed by atoms with Crippen molar-refractivity contribution < 1.29 is 29.4 Å². The van der Waals surface area contributed by atoms with Crippen LogP contribution in [0.5, 0.6) is 0 Å². The number of nitrogens with zero attached hydrogens (tertiary/aromatic N) is 12. The zero-order chi connectivity index (χ0) is 25.3. The van der Waals surface area contributed by atoms with E-state index in [1.54, 1.807) is 0 Å². The summed E-state index contributed by atoms with van der Waals surface area (Å²) < 4.78 is 0.410. The summed E-state index contributed by atoms with van der Waals surface area (Å²) in [7, 11) is 0. The molecule has 0 bridgehead atoms. The smallest absolute Gasteiger partial charge is 0.352 e. The Morgan fingerprint density at radius 3 is 1.19 bits per heavy atom. The zero-order valence-electron chi connectivity index (χ0n) is 15.6. The highest BCUT2D eigenvalue weighted by atomic mass is 16.4. The molecule has 2 aromatic heterocycles.